The summed E-state index contributed by atoms with van der Waals surface area (Å²) in [6.45, 7) is 6.48. The van der Waals surface area contributed by atoms with E-state index in [1.54, 1.807) is 11.3 Å². The van der Waals surface area contributed by atoms with Gasteiger partial charge in [-0.25, -0.2) is 4.98 Å². The number of rotatable bonds is 4. The van der Waals surface area contributed by atoms with Crippen LogP contribution in [0.4, 0.5) is 0 Å². The van der Waals surface area contributed by atoms with Crippen molar-refractivity contribution in [3.63, 3.8) is 0 Å². The van der Waals surface area contributed by atoms with Crippen molar-refractivity contribution in [2.45, 2.75) is 38.0 Å². The molecule has 0 bridgehead atoms. The molecule has 1 aliphatic rings. The van der Waals surface area contributed by atoms with Gasteiger partial charge < -0.3 is 5.32 Å². The summed E-state index contributed by atoms with van der Waals surface area (Å²) in [4.78, 5) is 5.68. The molecule has 1 unspecified atom stereocenters. The number of nitrogens with one attached hydrogen (secondary N) is 1. The lowest BCUT2D eigenvalue weighted by Gasteiger charge is -2.22. The van der Waals surface area contributed by atoms with Gasteiger partial charge in [-0.1, -0.05) is 0 Å². The quantitative estimate of drug-likeness (QED) is 0.934. The van der Waals surface area contributed by atoms with E-state index in [4.69, 9.17) is 0 Å². The van der Waals surface area contributed by atoms with Crippen LogP contribution in [0.15, 0.2) is 11.6 Å². The van der Waals surface area contributed by atoms with Crippen molar-refractivity contribution in [1.29, 1.82) is 0 Å². The second kappa shape index (κ2) is 4.87. The van der Waals surface area contributed by atoms with Crippen LogP contribution < -0.4 is 5.32 Å². The predicted octanol–water partition coefficient (Wildman–Crippen LogP) is 3.08. The Morgan fingerprint density at radius 1 is 1.56 bits per heavy atom. The maximum atomic E-state index is 4.58. The summed E-state index contributed by atoms with van der Waals surface area (Å²) in [5.41, 5.74) is 2.46. The fraction of sp³-hybridized carbons (Fsp3) is 0.615. The van der Waals surface area contributed by atoms with Crippen LogP contribution in [0.5, 0.6) is 0 Å². The number of aryl methyl sites for hydroxylation is 1. The molecule has 0 amide bonds. The van der Waals surface area contributed by atoms with Gasteiger partial charge in [0.15, 0.2) is 4.96 Å². The molecule has 1 atom stereocenters. The summed E-state index contributed by atoms with van der Waals surface area (Å²) >= 11 is 3.81. The molecule has 3 rings (SSSR count). The normalized spacial score (nSPS) is 24.1. The van der Waals surface area contributed by atoms with Crippen LogP contribution in [-0.2, 0) is 6.54 Å². The van der Waals surface area contributed by atoms with Crippen molar-refractivity contribution in [2.75, 3.05) is 12.3 Å². The minimum Gasteiger partial charge on any atom is -0.310 e. The Balaban J connectivity index is 1.66. The molecular weight excluding hydrogens is 262 g/mol. The summed E-state index contributed by atoms with van der Waals surface area (Å²) in [7, 11) is 0. The molecule has 98 valence electrons. The second-order valence-corrected chi connectivity index (χ2v) is 7.76. The topological polar surface area (TPSA) is 29.3 Å². The Bertz CT molecular complexity index is 537. The fourth-order valence-corrected chi connectivity index (χ4v) is 4.63. The molecular formula is C13H19N3S2. The van der Waals surface area contributed by atoms with E-state index in [-0.39, 0.29) is 0 Å². The largest absolute Gasteiger partial charge is 0.310 e. The van der Waals surface area contributed by atoms with Gasteiger partial charge in [-0.05, 0) is 32.4 Å². The van der Waals surface area contributed by atoms with Crippen LogP contribution in [-0.4, -0.2) is 26.4 Å². The first-order valence-electron chi connectivity index (χ1n) is 6.44. The minimum atomic E-state index is 0.437. The first-order valence-corrected chi connectivity index (χ1v) is 8.30. The Labute approximate surface area is 116 Å². The number of thioether (sulfide) groups is 1. The van der Waals surface area contributed by atoms with Gasteiger partial charge in [0, 0.05) is 29.4 Å². The molecule has 3 nitrogen and oxygen atoms in total. The first-order chi connectivity index (χ1) is 8.68. The third-order valence-electron chi connectivity index (χ3n) is 3.65. The third kappa shape index (κ3) is 2.31. The maximum absolute atomic E-state index is 4.58. The minimum absolute atomic E-state index is 0.437. The zero-order valence-electron chi connectivity index (χ0n) is 10.9. The second-order valence-electron chi connectivity index (χ2n) is 5.20. The molecule has 3 heterocycles. The molecule has 2 aromatic heterocycles. The summed E-state index contributed by atoms with van der Waals surface area (Å²) in [6, 6.07) is 0. The van der Waals surface area contributed by atoms with Crippen molar-refractivity contribution in [3.05, 3.63) is 23.0 Å². The number of nitrogens with zero attached hydrogens (tertiary/aromatic N) is 2. The molecule has 0 aliphatic carbocycles. The Kier molecular flexibility index (Phi) is 3.38. The van der Waals surface area contributed by atoms with Crippen LogP contribution in [0.1, 0.15) is 31.2 Å². The molecule has 1 saturated heterocycles. The molecule has 1 N–H and O–H groups in total. The molecule has 0 aromatic carbocycles. The lowest BCUT2D eigenvalue weighted by atomic mass is 10.1. The van der Waals surface area contributed by atoms with E-state index < -0.39 is 0 Å². The van der Waals surface area contributed by atoms with E-state index in [1.165, 1.54) is 24.3 Å². The summed E-state index contributed by atoms with van der Waals surface area (Å²) in [5, 5.41) is 5.71. The number of hydrogen-bond donors (Lipinski definition) is 1. The van der Waals surface area contributed by atoms with Gasteiger partial charge in [0.05, 0.1) is 11.4 Å². The molecule has 0 radical (unpaired) electrons. The first kappa shape index (κ1) is 12.5. The SMILES string of the molecule is Cc1nc2sccn2c1CNCC1(C)CCCS1. The number of hydrogen-bond acceptors (Lipinski definition) is 4. The number of fused-ring (bicyclic) bond motifs is 1. The summed E-state index contributed by atoms with van der Waals surface area (Å²) in [6.07, 6.45) is 4.82. The maximum Gasteiger partial charge on any atom is 0.194 e. The molecule has 18 heavy (non-hydrogen) atoms. The standard InChI is InChI=1S/C13H19N3S2/c1-10-11(16-5-7-17-12(16)15-10)8-14-9-13(2)4-3-6-18-13/h5,7,14H,3-4,6,8-9H2,1-2H3. The van der Waals surface area contributed by atoms with E-state index in [0.29, 0.717) is 4.75 Å². The van der Waals surface area contributed by atoms with E-state index in [0.717, 1.165) is 23.7 Å². The van der Waals surface area contributed by atoms with E-state index in [2.05, 4.69) is 51.9 Å². The molecule has 1 aliphatic heterocycles. The van der Waals surface area contributed by atoms with Gasteiger partial charge in [0.2, 0.25) is 0 Å². The average Bonchev–Trinajstić information content (AvgIpc) is 2.99. The van der Waals surface area contributed by atoms with Crippen molar-refractivity contribution in [2.24, 2.45) is 0 Å². The predicted molar refractivity (Wildman–Crippen MR) is 79.6 cm³/mol. The zero-order chi connectivity index (χ0) is 12.6. The van der Waals surface area contributed by atoms with Gasteiger partial charge in [0.1, 0.15) is 0 Å². The lowest BCUT2D eigenvalue weighted by molar-refractivity contribution is 0.532. The van der Waals surface area contributed by atoms with Crippen LogP contribution in [0, 0.1) is 6.92 Å². The Morgan fingerprint density at radius 2 is 2.44 bits per heavy atom. The van der Waals surface area contributed by atoms with Gasteiger partial charge in [-0.15, -0.1) is 11.3 Å². The van der Waals surface area contributed by atoms with E-state index in [9.17, 15) is 0 Å². The Hall–Kier alpha value is -0.520. The average molecular weight is 281 g/mol. The molecule has 5 heteroatoms. The van der Waals surface area contributed by atoms with Gasteiger partial charge in [0.25, 0.3) is 0 Å². The van der Waals surface area contributed by atoms with Crippen LogP contribution in [0.25, 0.3) is 4.96 Å². The highest BCUT2D eigenvalue weighted by molar-refractivity contribution is 8.00. The van der Waals surface area contributed by atoms with E-state index >= 15 is 0 Å². The fourth-order valence-electron chi connectivity index (χ4n) is 2.58. The van der Waals surface area contributed by atoms with Crippen LogP contribution in [0.2, 0.25) is 0 Å². The highest BCUT2D eigenvalue weighted by Gasteiger charge is 2.28. The lowest BCUT2D eigenvalue weighted by Crippen LogP contribution is -2.32. The van der Waals surface area contributed by atoms with Crippen molar-refractivity contribution in [1.82, 2.24) is 14.7 Å². The summed E-state index contributed by atoms with van der Waals surface area (Å²) in [5.74, 6) is 1.32. The highest BCUT2D eigenvalue weighted by atomic mass is 32.2. The number of aromatic nitrogens is 2. The number of thiazole rings is 1. The molecule has 2 aromatic rings. The summed E-state index contributed by atoms with van der Waals surface area (Å²) < 4.78 is 2.64. The van der Waals surface area contributed by atoms with Gasteiger partial charge in [-0.2, -0.15) is 11.8 Å². The van der Waals surface area contributed by atoms with Crippen molar-refractivity contribution < 1.29 is 0 Å². The number of imidazole rings is 1. The smallest absolute Gasteiger partial charge is 0.194 e. The van der Waals surface area contributed by atoms with E-state index in [1.807, 2.05) is 0 Å². The van der Waals surface area contributed by atoms with Gasteiger partial charge in [-0.3, -0.25) is 4.40 Å². The monoisotopic (exact) mass is 281 g/mol. The zero-order valence-corrected chi connectivity index (χ0v) is 12.5. The Morgan fingerprint density at radius 3 is 3.22 bits per heavy atom. The van der Waals surface area contributed by atoms with Gasteiger partial charge >= 0.3 is 0 Å². The van der Waals surface area contributed by atoms with Crippen LogP contribution >= 0.6 is 23.1 Å². The van der Waals surface area contributed by atoms with Crippen LogP contribution in [0.3, 0.4) is 0 Å². The third-order valence-corrected chi connectivity index (χ3v) is 5.95. The molecule has 0 saturated carbocycles. The molecule has 0 spiro atoms. The molecule has 1 fully saturated rings. The van der Waals surface area contributed by atoms with Crippen molar-refractivity contribution in [3.8, 4) is 0 Å². The van der Waals surface area contributed by atoms with Crippen molar-refractivity contribution >= 4 is 28.1 Å². The highest BCUT2D eigenvalue weighted by Crippen LogP contribution is 2.37.